The first-order valence-corrected chi connectivity index (χ1v) is 9.12. The number of nitrogens with zero attached hydrogens (tertiary/aromatic N) is 2. The summed E-state index contributed by atoms with van der Waals surface area (Å²) < 4.78 is 0. The topological polar surface area (TPSA) is 56.4 Å². The largest absolute Gasteiger partial charge is 0.363 e. The van der Waals surface area contributed by atoms with Gasteiger partial charge in [0.15, 0.2) is 5.43 Å². The Hall–Kier alpha value is -1.62. The third kappa shape index (κ3) is 3.27. The molecule has 1 aromatic heterocycles. The molecular formula is C19H29N3O2. The molecule has 1 amide bonds. The highest BCUT2D eigenvalue weighted by molar-refractivity contribution is 5.77. The molecule has 0 unspecified atom stereocenters. The minimum absolute atomic E-state index is 0.149. The van der Waals surface area contributed by atoms with E-state index in [0.717, 1.165) is 56.0 Å². The quantitative estimate of drug-likeness (QED) is 0.924. The summed E-state index contributed by atoms with van der Waals surface area (Å²) >= 11 is 0. The number of nitrogens with one attached hydrogen (secondary N) is 1. The molecule has 3 heterocycles. The van der Waals surface area contributed by atoms with Gasteiger partial charge in [-0.1, -0.05) is 0 Å². The molecule has 2 saturated heterocycles. The summed E-state index contributed by atoms with van der Waals surface area (Å²) in [4.78, 5) is 32.0. The van der Waals surface area contributed by atoms with Crippen LogP contribution in [-0.4, -0.2) is 46.9 Å². The number of hydrogen-bond donors (Lipinski definition) is 1. The lowest BCUT2D eigenvalue weighted by molar-refractivity contribution is -0.139. The molecule has 0 aliphatic carbocycles. The van der Waals surface area contributed by atoms with Gasteiger partial charge in [-0.3, -0.25) is 14.5 Å². The van der Waals surface area contributed by atoms with Crippen molar-refractivity contribution in [1.29, 1.82) is 0 Å². The van der Waals surface area contributed by atoms with Crippen LogP contribution in [-0.2, 0) is 11.3 Å². The highest BCUT2D eigenvalue weighted by Crippen LogP contribution is 2.39. The number of carbonyl (C=O) groups excluding carboxylic acids is 1. The van der Waals surface area contributed by atoms with Crippen LogP contribution in [0.5, 0.6) is 0 Å². The predicted octanol–water partition coefficient (Wildman–Crippen LogP) is 2.22. The van der Waals surface area contributed by atoms with Gasteiger partial charge in [0.25, 0.3) is 0 Å². The molecule has 0 radical (unpaired) electrons. The van der Waals surface area contributed by atoms with Crippen molar-refractivity contribution >= 4 is 5.91 Å². The van der Waals surface area contributed by atoms with Gasteiger partial charge in [0.1, 0.15) is 0 Å². The molecule has 24 heavy (non-hydrogen) atoms. The Bertz CT molecular complexity index is 682. The molecule has 132 valence electrons. The molecule has 1 N–H and O–H groups in total. The van der Waals surface area contributed by atoms with Crippen molar-refractivity contribution < 1.29 is 4.79 Å². The van der Waals surface area contributed by atoms with E-state index in [2.05, 4.69) is 16.8 Å². The summed E-state index contributed by atoms with van der Waals surface area (Å²) in [6.07, 6.45) is 5.88. The molecule has 5 heteroatoms. The van der Waals surface area contributed by atoms with Crippen LogP contribution in [0.15, 0.2) is 11.0 Å². The van der Waals surface area contributed by atoms with Crippen LogP contribution in [0.1, 0.15) is 49.4 Å². The number of rotatable bonds is 3. The molecule has 0 bridgehead atoms. The summed E-state index contributed by atoms with van der Waals surface area (Å²) in [5.74, 6) is 0.305. The zero-order chi connectivity index (χ0) is 17.3. The average Bonchev–Trinajstić information content (AvgIpc) is 2.58. The first-order chi connectivity index (χ1) is 11.4. The number of piperidine rings is 2. The average molecular weight is 331 g/mol. The molecule has 1 aromatic rings. The Morgan fingerprint density at radius 1 is 1.21 bits per heavy atom. The smallest absolute Gasteiger partial charge is 0.222 e. The second-order valence-corrected chi connectivity index (χ2v) is 7.63. The van der Waals surface area contributed by atoms with Gasteiger partial charge in [0, 0.05) is 61.0 Å². The molecule has 0 aromatic carbocycles. The van der Waals surface area contributed by atoms with E-state index in [1.165, 1.54) is 12.8 Å². The van der Waals surface area contributed by atoms with E-state index in [0.29, 0.717) is 12.3 Å². The maximum absolute atomic E-state index is 12.2. The van der Waals surface area contributed by atoms with Crippen molar-refractivity contribution in [2.24, 2.45) is 5.41 Å². The summed E-state index contributed by atoms with van der Waals surface area (Å²) in [5, 5.41) is 0. The molecule has 1 atom stereocenters. The number of carbonyl (C=O) groups is 1. The van der Waals surface area contributed by atoms with Crippen molar-refractivity contribution in [1.82, 2.24) is 14.8 Å². The number of aryl methyl sites for hydroxylation is 1. The van der Waals surface area contributed by atoms with Crippen molar-refractivity contribution in [2.75, 3.05) is 26.2 Å². The van der Waals surface area contributed by atoms with Gasteiger partial charge in [-0.05, 0) is 46.6 Å². The Kier molecular flexibility index (Phi) is 4.81. The lowest BCUT2D eigenvalue weighted by atomic mass is 9.73. The van der Waals surface area contributed by atoms with Crippen LogP contribution in [0.4, 0.5) is 0 Å². The number of aromatic amines is 1. The first kappa shape index (κ1) is 17.2. The van der Waals surface area contributed by atoms with E-state index < -0.39 is 0 Å². The predicted molar refractivity (Wildman–Crippen MR) is 95.0 cm³/mol. The number of pyridine rings is 1. The highest BCUT2D eigenvalue weighted by Gasteiger charge is 2.41. The monoisotopic (exact) mass is 331 g/mol. The fourth-order valence-electron chi connectivity index (χ4n) is 4.36. The lowest BCUT2D eigenvalue weighted by Crippen LogP contribution is -2.53. The van der Waals surface area contributed by atoms with Crippen LogP contribution in [0.2, 0.25) is 0 Å². The van der Waals surface area contributed by atoms with Crippen molar-refractivity contribution in [2.45, 2.75) is 53.0 Å². The number of aromatic nitrogens is 1. The van der Waals surface area contributed by atoms with E-state index in [4.69, 9.17) is 0 Å². The SMILES string of the molecule is CCN1C[C@@]2(CCCN(Cc3[nH]cc(C)c(=O)c3C)C2)CCC1=O. The van der Waals surface area contributed by atoms with Crippen LogP contribution in [0.25, 0.3) is 0 Å². The second-order valence-electron chi connectivity index (χ2n) is 7.63. The van der Waals surface area contributed by atoms with Crippen LogP contribution < -0.4 is 5.43 Å². The lowest BCUT2D eigenvalue weighted by Gasteiger charge is -2.48. The van der Waals surface area contributed by atoms with E-state index in [-0.39, 0.29) is 10.8 Å². The van der Waals surface area contributed by atoms with Gasteiger partial charge in [-0.15, -0.1) is 0 Å². The van der Waals surface area contributed by atoms with Crippen molar-refractivity contribution in [3.8, 4) is 0 Å². The molecular weight excluding hydrogens is 302 g/mol. The second kappa shape index (κ2) is 6.71. The van der Waals surface area contributed by atoms with Crippen LogP contribution >= 0.6 is 0 Å². The molecule has 3 rings (SSSR count). The fraction of sp³-hybridized carbons (Fsp3) is 0.684. The van der Waals surface area contributed by atoms with Gasteiger partial charge in [0.2, 0.25) is 5.91 Å². The zero-order valence-corrected chi connectivity index (χ0v) is 15.2. The number of likely N-dealkylation sites (tertiary alicyclic amines) is 2. The first-order valence-electron chi connectivity index (χ1n) is 9.12. The molecule has 0 saturated carbocycles. The summed E-state index contributed by atoms with van der Waals surface area (Å²) in [7, 11) is 0. The summed E-state index contributed by atoms with van der Waals surface area (Å²) in [5.41, 5.74) is 3.03. The third-order valence-electron chi connectivity index (χ3n) is 5.87. The number of amides is 1. The van der Waals surface area contributed by atoms with E-state index in [1.807, 2.05) is 24.9 Å². The molecule has 1 spiro atoms. The maximum Gasteiger partial charge on any atom is 0.222 e. The minimum atomic E-state index is 0.149. The normalized spacial score (nSPS) is 25.5. The summed E-state index contributed by atoms with van der Waals surface area (Å²) in [6, 6.07) is 0. The van der Waals surface area contributed by atoms with Crippen molar-refractivity contribution in [3.05, 3.63) is 33.2 Å². The van der Waals surface area contributed by atoms with Gasteiger partial charge in [-0.2, -0.15) is 0 Å². The fourth-order valence-corrected chi connectivity index (χ4v) is 4.36. The molecule has 2 aliphatic heterocycles. The Morgan fingerprint density at radius 2 is 2.00 bits per heavy atom. The Labute approximate surface area is 144 Å². The Balaban J connectivity index is 1.73. The third-order valence-corrected chi connectivity index (χ3v) is 5.87. The van der Waals surface area contributed by atoms with Crippen LogP contribution in [0, 0.1) is 19.3 Å². The van der Waals surface area contributed by atoms with Crippen molar-refractivity contribution in [3.63, 3.8) is 0 Å². The Morgan fingerprint density at radius 3 is 2.75 bits per heavy atom. The molecule has 5 nitrogen and oxygen atoms in total. The van der Waals surface area contributed by atoms with Gasteiger partial charge in [-0.25, -0.2) is 0 Å². The number of H-pyrrole nitrogens is 1. The molecule has 2 fully saturated rings. The molecule has 2 aliphatic rings. The van der Waals surface area contributed by atoms with Gasteiger partial charge in [0.05, 0.1) is 0 Å². The number of hydrogen-bond acceptors (Lipinski definition) is 3. The van der Waals surface area contributed by atoms with E-state index in [9.17, 15) is 9.59 Å². The van der Waals surface area contributed by atoms with Gasteiger partial charge >= 0.3 is 0 Å². The van der Waals surface area contributed by atoms with Crippen LogP contribution in [0.3, 0.4) is 0 Å². The summed E-state index contributed by atoms with van der Waals surface area (Å²) in [6.45, 7) is 10.4. The van der Waals surface area contributed by atoms with E-state index in [1.54, 1.807) is 0 Å². The highest BCUT2D eigenvalue weighted by atomic mass is 16.2. The zero-order valence-electron chi connectivity index (χ0n) is 15.2. The van der Waals surface area contributed by atoms with Gasteiger partial charge < -0.3 is 9.88 Å². The maximum atomic E-state index is 12.2. The van der Waals surface area contributed by atoms with E-state index >= 15 is 0 Å². The standard InChI is InChI=1S/C19H29N3O2/c1-4-22-13-19(8-6-17(22)23)7-5-9-21(12-19)11-16-15(3)18(24)14(2)10-20-16/h10H,4-9,11-13H2,1-3H3,(H,20,24)/t19-/m0/s1. The minimum Gasteiger partial charge on any atom is -0.363 e.